The minimum Gasteiger partial charge on any atom is -0.200 e. The number of hydrogen-bond donors (Lipinski definition) is 0. The van der Waals surface area contributed by atoms with E-state index in [4.69, 9.17) is 0 Å². The molecule has 0 aliphatic carbocycles. The van der Waals surface area contributed by atoms with Crippen LogP contribution in [0.25, 0.3) is 11.7 Å². The summed E-state index contributed by atoms with van der Waals surface area (Å²) in [6.07, 6.45) is -21.1. The van der Waals surface area contributed by atoms with Crippen LogP contribution >= 0.6 is 0 Å². The van der Waals surface area contributed by atoms with Gasteiger partial charge in [-0.1, -0.05) is 0 Å². The average Bonchev–Trinajstić information content (AvgIpc) is 2.56. The van der Waals surface area contributed by atoms with E-state index in [0.29, 0.717) is 0 Å². The van der Waals surface area contributed by atoms with Crippen LogP contribution in [0.5, 0.6) is 0 Å². The van der Waals surface area contributed by atoms with Gasteiger partial charge >= 0.3 is 36.4 Å². The summed E-state index contributed by atoms with van der Waals surface area (Å²) >= 11 is 0. The molecule has 170 valence electrons. The van der Waals surface area contributed by atoms with E-state index < -0.39 is 82.4 Å². The third-order valence-electron chi connectivity index (χ3n) is 3.35. The minimum absolute atomic E-state index is 1.34. The fraction of sp³-hybridized carbons (Fsp3) is 0.286. The number of alkyl halides is 10. The molecule has 16 heteroatoms. The van der Waals surface area contributed by atoms with Crippen molar-refractivity contribution in [2.75, 3.05) is 0 Å². The molecule has 0 unspecified atom stereocenters. The van der Waals surface area contributed by atoms with E-state index >= 15 is 0 Å². The van der Waals surface area contributed by atoms with E-state index in [1.54, 1.807) is 0 Å². The fourth-order valence-corrected chi connectivity index (χ4v) is 1.99. The molecule has 0 aromatic heterocycles. The van der Waals surface area contributed by atoms with Gasteiger partial charge in [-0.25, -0.2) is 8.78 Å². The van der Waals surface area contributed by atoms with E-state index in [0.717, 1.165) is 0 Å². The Bertz CT molecular complexity index is 801. The zero-order valence-electron chi connectivity index (χ0n) is 13.2. The van der Waals surface area contributed by atoms with Crippen LogP contribution in [0.2, 0.25) is 0 Å². The molecule has 0 aliphatic rings. The molecule has 30 heavy (non-hydrogen) atoms. The largest absolute Gasteiger partial charge is 0.458 e. The maximum atomic E-state index is 13.6. The maximum absolute atomic E-state index is 13.6. The van der Waals surface area contributed by atoms with Gasteiger partial charge in [0.15, 0.2) is 11.7 Å². The van der Waals surface area contributed by atoms with E-state index in [1.807, 2.05) is 0 Å². The second-order valence-electron chi connectivity index (χ2n) is 5.24. The van der Waals surface area contributed by atoms with E-state index in [2.05, 4.69) is 0 Å². The molecule has 0 atom stereocenters. The Hall–Kier alpha value is -2.42. The highest BCUT2D eigenvalue weighted by molar-refractivity contribution is 5.72. The van der Waals surface area contributed by atoms with Gasteiger partial charge in [0, 0.05) is 22.3 Å². The monoisotopic (exact) mass is 474 g/mol. The van der Waals surface area contributed by atoms with Crippen LogP contribution in [0, 0.1) is 0 Å². The number of rotatable bonds is 4. The molecule has 0 N–H and O–H groups in total. The van der Waals surface area contributed by atoms with E-state index in [-0.39, 0.29) is 0 Å². The summed E-state index contributed by atoms with van der Waals surface area (Å²) in [5, 5.41) is 0. The van der Waals surface area contributed by atoms with Gasteiger partial charge in [-0.3, -0.25) is 0 Å². The molecule has 1 aromatic rings. The molecular formula is C14H2F16. The summed E-state index contributed by atoms with van der Waals surface area (Å²) in [5.41, 5.74) is -11.9. The Morgan fingerprint density at radius 1 is 0.467 bits per heavy atom. The average molecular weight is 474 g/mol. The Labute approximate surface area is 154 Å². The molecule has 0 fully saturated rings. The van der Waals surface area contributed by atoms with Crippen molar-refractivity contribution in [1.82, 2.24) is 0 Å². The van der Waals surface area contributed by atoms with Crippen molar-refractivity contribution >= 4 is 11.7 Å². The van der Waals surface area contributed by atoms with Crippen LogP contribution in [0.15, 0.2) is 24.3 Å². The quantitative estimate of drug-likeness (QED) is 0.388. The van der Waals surface area contributed by atoms with E-state index in [9.17, 15) is 70.2 Å². The van der Waals surface area contributed by atoms with Crippen molar-refractivity contribution in [3.8, 4) is 0 Å². The summed E-state index contributed by atoms with van der Waals surface area (Å²) in [6, 6.07) is -2.68. The molecule has 0 saturated heterocycles. The van der Waals surface area contributed by atoms with Gasteiger partial charge in [-0.05, 0) is 12.1 Å². The normalized spacial score (nSPS) is 13.3. The minimum atomic E-state index is -6.81. The fourth-order valence-electron chi connectivity index (χ4n) is 1.99. The van der Waals surface area contributed by atoms with Gasteiger partial charge in [-0.15, -0.1) is 0 Å². The molecule has 0 amide bonds. The first-order valence-electron chi connectivity index (χ1n) is 6.68. The topological polar surface area (TPSA) is 0 Å². The molecule has 0 saturated carbocycles. The van der Waals surface area contributed by atoms with Gasteiger partial charge in [0.05, 0.1) is 0 Å². The smallest absolute Gasteiger partial charge is 0.200 e. The predicted molar refractivity (Wildman–Crippen MR) is 66.8 cm³/mol. The number of benzene rings is 1. The van der Waals surface area contributed by atoms with Crippen LogP contribution in [0.3, 0.4) is 0 Å². The van der Waals surface area contributed by atoms with Gasteiger partial charge in [0.25, 0.3) is 0 Å². The first-order valence-corrected chi connectivity index (χ1v) is 6.68. The summed E-state index contributed by atoms with van der Waals surface area (Å²) in [4.78, 5) is 0. The standard InChI is InChI=1S/C14H2F16/c15-7(9(17)18)3-1-5(11(21,22)13(25,26)27)4(8(16)10(19)20)2-6(3)12(23,24)14(28,29)30/h1-2H. The van der Waals surface area contributed by atoms with Crippen molar-refractivity contribution in [3.05, 3.63) is 46.5 Å². The van der Waals surface area contributed by atoms with Gasteiger partial charge < -0.3 is 0 Å². The maximum Gasteiger partial charge on any atom is 0.458 e. The lowest BCUT2D eigenvalue weighted by atomic mass is 9.90. The molecule has 0 heterocycles. The lowest BCUT2D eigenvalue weighted by Crippen LogP contribution is -2.37. The zero-order valence-corrected chi connectivity index (χ0v) is 13.2. The Morgan fingerprint density at radius 3 is 0.867 bits per heavy atom. The molecular weight excluding hydrogens is 472 g/mol. The van der Waals surface area contributed by atoms with Crippen molar-refractivity contribution in [1.29, 1.82) is 0 Å². The van der Waals surface area contributed by atoms with Crippen molar-refractivity contribution < 1.29 is 70.2 Å². The van der Waals surface area contributed by atoms with Gasteiger partial charge in [-0.2, -0.15) is 61.5 Å². The third kappa shape index (κ3) is 4.35. The molecule has 0 nitrogen and oxygen atoms in total. The van der Waals surface area contributed by atoms with Crippen LogP contribution in [0.4, 0.5) is 70.2 Å². The van der Waals surface area contributed by atoms with Crippen LogP contribution < -0.4 is 0 Å². The van der Waals surface area contributed by atoms with Gasteiger partial charge in [0.2, 0.25) is 0 Å². The Morgan fingerprint density at radius 2 is 0.700 bits per heavy atom. The number of halogens is 16. The highest BCUT2D eigenvalue weighted by atomic mass is 19.4. The van der Waals surface area contributed by atoms with Crippen LogP contribution in [-0.4, -0.2) is 12.4 Å². The SMILES string of the molecule is FC(F)=C(F)c1cc(C(F)(F)C(F)(F)F)c(C(F)=C(F)F)cc1C(F)(F)C(F)(F)F. The molecule has 0 bridgehead atoms. The Balaban J connectivity index is 4.30. The van der Waals surface area contributed by atoms with Gasteiger partial charge in [0.1, 0.15) is 0 Å². The summed E-state index contributed by atoms with van der Waals surface area (Å²) in [7, 11) is 0. The van der Waals surface area contributed by atoms with Crippen molar-refractivity contribution in [2.45, 2.75) is 24.2 Å². The molecule has 1 aromatic carbocycles. The summed E-state index contributed by atoms with van der Waals surface area (Å²) in [5.74, 6) is -19.8. The molecule has 0 spiro atoms. The van der Waals surface area contributed by atoms with Crippen molar-refractivity contribution in [2.24, 2.45) is 0 Å². The lowest BCUT2D eigenvalue weighted by molar-refractivity contribution is -0.291. The van der Waals surface area contributed by atoms with Crippen LogP contribution in [0.1, 0.15) is 22.3 Å². The highest BCUT2D eigenvalue weighted by Gasteiger charge is 2.63. The molecule has 0 radical (unpaired) electrons. The highest BCUT2D eigenvalue weighted by Crippen LogP contribution is 2.52. The second-order valence-corrected chi connectivity index (χ2v) is 5.24. The second kappa shape index (κ2) is 7.68. The summed E-state index contributed by atoms with van der Waals surface area (Å²) < 4.78 is 206. The third-order valence-corrected chi connectivity index (χ3v) is 3.35. The van der Waals surface area contributed by atoms with E-state index in [1.165, 1.54) is 0 Å². The lowest BCUT2D eigenvalue weighted by Gasteiger charge is -2.26. The molecule has 0 aliphatic heterocycles. The van der Waals surface area contributed by atoms with Crippen molar-refractivity contribution in [3.63, 3.8) is 0 Å². The van der Waals surface area contributed by atoms with Crippen LogP contribution in [-0.2, 0) is 11.8 Å². The zero-order chi connectivity index (χ0) is 24.0. The first kappa shape index (κ1) is 25.6. The summed E-state index contributed by atoms with van der Waals surface area (Å²) in [6.45, 7) is 0. The molecule has 1 rings (SSSR count). The first-order chi connectivity index (χ1) is 13.2. The number of hydrogen-bond acceptors (Lipinski definition) is 0. The Kier molecular flexibility index (Phi) is 6.56. The predicted octanol–water partition coefficient (Wildman–Crippen LogP) is 8.06.